The Hall–Kier alpha value is -2.71. The lowest BCUT2D eigenvalue weighted by atomic mass is 10.0. The fraction of sp³-hybridized carbons (Fsp3) is 0.440. The zero-order chi connectivity index (χ0) is 24.4. The van der Waals surface area contributed by atoms with Gasteiger partial charge in [-0.3, -0.25) is 10.2 Å². The molecule has 0 saturated carbocycles. The summed E-state index contributed by atoms with van der Waals surface area (Å²) in [6.07, 6.45) is 4.90. The summed E-state index contributed by atoms with van der Waals surface area (Å²) in [5, 5.41) is 7.66. The number of amides is 1. The third-order valence-corrected chi connectivity index (χ3v) is 7.01. The molecule has 0 saturated heterocycles. The van der Waals surface area contributed by atoms with E-state index in [1.54, 1.807) is 48.3 Å². The molecule has 0 fully saturated rings. The van der Waals surface area contributed by atoms with Crippen LogP contribution in [0.4, 0.5) is 0 Å². The largest absolute Gasteiger partial charge is 0.384 e. The lowest BCUT2D eigenvalue weighted by molar-refractivity contribution is -0.131. The second kappa shape index (κ2) is 12.5. The number of likely N-dealkylation sites (N-methyl/N-ethyl adjacent to an activating group) is 1. The van der Waals surface area contributed by atoms with Crippen molar-refractivity contribution in [3.63, 3.8) is 0 Å². The number of hydrogen-bond acceptors (Lipinski definition) is 4. The van der Waals surface area contributed by atoms with Gasteiger partial charge in [0, 0.05) is 19.2 Å². The molecule has 0 spiro atoms. The minimum absolute atomic E-state index is 0.0795. The number of amidine groups is 1. The molecule has 8 heteroatoms. The van der Waals surface area contributed by atoms with Gasteiger partial charge in [0.15, 0.2) is 0 Å². The van der Waals surface area contributed by atoms with E-state index >= 15 is 0 Å². The highest BCUT2D eigenvalue weighted by molar-refractivity contribution is 7.89. The maximum absolute atomic E-state index is 13.2. The number of carbonyl (C=O) groups is 1. The Morgan fingerprint density at radius 1 is 1.06 bits per heavy atom. The van der Waals surface area contributed by atoms with E-state index in [4.69, 9.17) is 11.1 Å². The van der Waals surface area contributed by atoms with Crippen LogP contribution in [0.3, 0.4) is 0 Å². The summed E-state index contributed by atoms with van der Waals surface area (Å²) in [4.78, 5) is 15.0. The highest BCUT2D eigenvalue weighted by Crippen LogP contribution is 2.15. The zero-order valence-corrected chi connectivity index (χ0v) is 20.6. The number of nitrogens with one attached hydrogen (secondary N) is 2. The number of hydrogen-bond donors (Lipinski definition) is 3. The van der Waals surface area contributed by atoms with Gasteiger partial charge in [-0.1, -0.05) is 63.4 Å². The predicted octanol–water partition coefficient (Wildman–Crippen LogP) is 3.46. The molecule has 33 heavy (non-hydrogen) atoms. The highest BCUT2D eigenvalue weighted by Gasteiger charge is 2.28. The number of nitrogens with zero attached hydrogens (tertiary/aromatic N) is 1. The average molecular weight is 473 g/mol. The van der Waals surface area contributed by atoms with Gasteiger partial charge in [-0.15, -0.1) is 0 Å². The quantitative estimate of drug-likeness (QED) is 0.235. The molecule has 0 aliphatic rings. The van der Waals surface area contributed by atoms with Crippen LogP contribution in [0.1, 0.15) is 56.2 Å². The van der Waals surface area contributed by atoms with E-state index in [9.17, 15) is 13.2 Å². The van der Waals surface area contributed by atoms with Gasteiger partial charge in [0.2, 0.25) is 15.9 Å². The van der Waals surface area contributed by atoms with Gasteiger partial charge in [-0.05, 0) is 48.6 Å². The number of aryl methyl sites for hydroxylation is 1. The summed E-state index contributed by atoms with van der Waals surface area (Å²) in [6.45, 7) is 4.72. The van der Waals surface area contributed by atoms with Crippen molar-refractivity contribution in [2.24, 2.45) is 5.73 Å². The van der Waals surface area contributed by atoms with Crippen molar-refractivity contribution in [3.8, 4) is 0 Å². The number of nitrogens with two attached hydrogens (primary N) is 1. The van der Waals surface area contributed by atoms with E-state index in [0.29, 0.717) is 12.1 Å². The highest BCUT2D eigenvalue weighted by atomic mass is 32.2. The number of rotatable bonds is 13. The van der Waals surface area contributed by atoms with Crippen LogP contribution < -0.4 is 10.5 Å². The van der Waals surface area contributed by atoms with Gasteiger partial charge >= 0.3 is 0 Å². The summed E-state index contributed by atoms with van der Waals surface area (Å²) in [5.41, 5.74) is 7.93. The Balaban J connectivity index is 2.29. The molecule has 2 aromatic rings. The minimum Gasteiger partial charge on any atom is -0.384 e. The molecule has 0 aliphatic carbocycles. The summed E-state index contributed by atoms with van der Waals surface area (Å²) in [5.74, 6) is -0.366. The van der Waals surface area contributed by atoms with Gasteiger partial charge in [0.25, 0.3) is 0 Å². The fourth-order valence-corrected chi connectivity index (χ4v) is 4.82. The number of carbonyl (C=O) groups excluding carboxylic acids is 1. The topological polar surface area (TPSA) is 116 Å². The summed E-state index contributed by atoms with van der Waals surface area (Å²) in [6, 6.07) is 12.8. The molecule has 0 radical (unpaired) electrons. The van der Waals surface area contributed by atoms with Gasteiger partial charge in [-0.2, -0.15) is 4.72 Å². The lowest BCUT2D eigenvalue weighted by Crippen LogP contribution is -2.48. The Bertz CT molecular complexity index is 1040. The van der Waals surface area contributed by atoms with Crippen LogP contribution in [-0.2, 0) is 27.7 Å². The van der Waals surface area contributed by atoms with E-state index in [1.807, 2.05) is 12.1 Å². The lowest BCUT2D eigenvalue weighted by Gasteiger charge is -2.25. The molecular formula is C25H36N4O3S. The van der Waals surface area contributed by atoms with Gasteiger partial charge in [-0.25, -0.2) is 8.42 Å². The molecule has 1 atom stereocenters. The van der Waals surface area contributed by atoms with E-state index < -0.39 is 16.1 Å². The van der Waals surface area contributed by atoms with Gasteiger partial charge in [0.05, 0.1) is 4.90 Å². The number of nitrogen functional groups attached to an aromatic ring is 1. The first-order valence-electron chi connectivity index (χ1n) is 11.5. The molecule has 2 rings (SSSR count). The Morgan fingerprint density at radius 3 is 2.36 bits per heavy atom. The molecule has 0 heterocycles. The Kier molecular flexibility index (Phi) is 10.1. The summed E-state index contributed by atoms with van der Waals surface area (Å²) in [7, 11) is -2.21. The van der Waals surface area contributed by atoms with Gasteiger partial charge in [0.1, 0.15) is 11.9 Å². The standard InChI is InChI=1S/C25H36N4O3S/c1-4-6-7-16-29(3)25(30)23(18-20-10-8-11-21(17-20)24(26)27)28-33(31,32)22-14-12-19(9-5-2)13-15-22/h8,10-15,17,23,28H,4-7,9,16,18H2,1-3H3,(H3,26,27)/t23-/m0/s1. The molecule has 2 aromatic carbocycles. The van der Waals surface area contributed by atoms with Gasteiger partial charge < -0.3 is 10.6 Å². The number of sulfonamides is 1. The third-order valence-electron chi connectivity index (χ3n) is 5.52. The molecule has 7 nitrogen and oxygen atoms in total. The maximum atomic E-state index is 13.2. The van der Waals surface area contributed by atoms with Crippen LogP contribution in [-0.4, -0.2) is 44.7 Å². The Labute approximate surface area is 197 Å². The first-order valence-corrected chi connectivity index (χ1v) is 13.0. The molecule has 180 valence electrons. The Morgan fingerprint density at radius 2 is 1.76 bits per heavy atom. The molecule has 0 bridgehead atoms. The molecule has 1 amide bonds. The van der Waals surface area contributed by atoms with Crippen LogP contribution >= 0.6 is 0 Å². The second-order valence-electron chi connectivity index (χ2n) is 8.35. The van der Waals surface area contributed by atoms with Crippen LogP contribution in [0, 0.1) is 5.41 Å². The zero-order valence-electron chi connectivity index (χ0n) is 19.8. The molecule has 0 aliphatic heterocycles. The molecule has 4 N–H and O–H groups in total. The van der Waals surface area contributed by atoms with Crippen LogP contribution in [0.25, 0.3) is 0 Å². The van der Waals surface area contributed by atoms with Crippen molar-refractivity contribution in [1.82, 2.24) is 9.62 Å². The number of benzene rings is 2. The van der Waals surface area contributed by atoms with E-state index in [2.05, 4.69) is 18.6 Å². The second-order valence-corrected chi connectivity index (χ2v) is 10.1. The normalized spacial score (nSPS) is 12.3. The van der Waals surface area contributed by atoms with E-state index in [0.717, 1.165) is 43.2 Å². The minimum atomic E-state index is -3.91. The molecule has 0 unspecified atom stereocenters. The maximum Gasteiger partial charge on any atom is 0.241 e. The number of unbranched alkanes of at least 4 members (excludes halogenated alkanes) is 2. The van der Waals surface area contributed by atoms with Crippen LogP contribution in [0.15, 0.2) is 53.4 Å². The van der Waals surface area contributed by atoms with E-state index in [1.165, 1.54) is 0 Å². The summed E-state index contributed by atoms with van der Waals surface area (Å²) >= 11 is 0. The SMILES string of the molecule is CCCCCN(C)C(=O)[C@H](Cc1cccc(C(=N)N)c1)NS(=O)(=O)c1ccc(CCC)cc1. The van der Waals surface area contributed by atoms with Crippen molar-refractivity contribution < 1.29 is 13.2 Å². The van der Waals surface area contributed by atoms with Crippen molar-refractivity contribution in [2.45, 2.75) is 63.3 Å². The van der Waals surface area contributed by atoms with E-state index in [-0.39, 0.29) is 23.1 Å². The monoisotopic (exact) mass is 472 g/mol. The summed E-state index contributed by atoms with van der Waals surface area (Å²) < 4.78 is 28.9. The first kappa shape index (κ1) is 26.5. The fourth-order valence-electron chi connectivity index (χ4n) is 3.64. The smallest absolute Gasteiger partial charge is 0.241 e. The molecule has 0 aromatic heterocycles. The van der Waals surface area contributed by atoms with Crippen molar-refractivity contribution in [3.05, 3.63) is 65.2 Å². The molecular weight excluding hydrogens is 436 g/mol. The predicted molar refractivity (Wildman–Crippen MR) is 133 cm³/mol. The van der Waals surface area contributed by atoms with Crippen molar-refractivity contribution in [1.29, 1.82) is 5.41 Å². The van der Waals surface area contributed by atoms with Crippen molar-refractivity contribution in [2.75, 3.05) is 13.6 Å². The third kappa shape index (κ3) is 7.98. The van der Waals surface area contributed by atoms with Crippen LogP contribution in [0.5, 0.6) is 0 Å². The van der Waals surface area contributed by atoms with Crippen LogP contribution in [0.2, 0.25) is 0 Å². The first-order chi connectivity index (χ1) is 15.7. The van der Waals surface area contributed by atoms with Crippen molar-refractivity contribution >= 4 is 21.8 Å². The average Bonchev–Trinajstić information content (AvgIpc) is 2.79.